The second-order valence-electron chi connectivity index (χ2n) is 10.8. The van der Waals surface area contributed by atoms with Crippen molar-refractivity contribution < 1.29 is 0 Å². The summed E-state index contributed by atoms with van der Waals surface area (Å²) in [5, 5.41) is 5.29. The van der Waals surface area contributed by atoms with Gasteiger partial charge < -0.3 is 11.1 Å². The summed E-state index contributed by atoms with van der Waals surface area (Å²) in [6, 6.07) is 23.2. The number of fused-ring (bicyclic) bond motifs is 1. The molecule has 1 heterocycles. The third-order valence-corrected chi connectivity index (χ3v) is 7.92. The van der Waals surface area contributed by atoms with Crippen LogP contribution in [0.2, 0.25) is 5.02 Å². The molecule has 0 radical (unpaired) electrons. The average Bonchev–Trinajstić information content (AvgIpc) is 2.95. The molecule has 0 bridgehead atoms. The maximum absolute atomic E-state index is 6.31. The lowest BCUT2D eigenvalue weighted by Crippen LogP contribution is -2.26. The minimum atomic E-state index is 0.513. The van der Waals surface area contributed by atoms with Crippen LogP contribution in [0, 0.1) is 11.8 Å². The predicted molar refractivity (Wildman–Crippen MR) is 162 cm³/mol. The van der Waals surface area contributed by atoms with Gasteiger partial charge in [-0.05, 0) is 90.1 Å². The largest absolute Gasteiger partial charge is 0.369 e. The van der Waals surface area contributed by atoms with E-state index in [4.69, 9.17) is 27.3 Å². The topological polar surface area (TPSA) is 63.8 Å². The Labute approximate surface area is 231 Å². The van der Waals surface area contributed by atoms with E-state index in [0.29, 0.717) is 28.6 Å². The summed E-state index contributed by atoms with van der Waals surface area (Å²) in [6.45, 7) is 6.13. The summed E-state index contributed by atoms with van der Waals surface area (Å²) >= 11 is 6.31. The minimum Gasteiger partial charge on any atom is -0.369 e. The zero-order valence-corrected chi connectivity index (χ0v) is 23.1. The van der Waals surface area contributed by atoms with E-state index in [1.807, 2.05) is 24.3 Å². The second kappa shape index (κ2) is 12.1. The van der Waals surface area contributed by atoms with Crippen molar-refractivity contribution in [3.05, 3.63) is 88.7 Å². The van der Waals surface area contributed by atoms with Crippen LogP contribution in [-0.2, 0) is 0 Å². The van der Waals surface area contributed by atoms with Crippen molar-refractivity contribution in [2.75, 3.05) is 18.4 Å². The molecule has 1 aliphatic rings. The molecule has 5 rings (SSSR count). The van der Waals surface area contributed by atoms with Crippen LogP contribution in [0.25, 0.3) is 34.2 Å². The average molecular weight is 525 g/mol. The monoisotopic (exact) mass is 524 g/mol. The number of nitrogens with zero attached hydrogens (tertiary/aromatic N) is 2. The Balaban J connectivity index is 1.35. The zero-order valence-electron chi connectivity index (χ0n) is 22.3. The number of benzene rings is 3. The normalized spacial score (nSPS) is 17.9. The summed E-state index contributed by atoms with van der Waals surface area (Å²) in [6.07, 6.45) is 8.97. The lowest BCUT2D eigenvalue weighted by atomic mass is 9.81. The fourth-order valence-corrected chi connectivity index (χ4v) is 5.57. The van der Waals surface area contributed by atoms with Crippen molar-refractivity contribution in [3.8, 4) is 11.1 Å². The number of nitrogens with one attached hydrogen (secondary N) is 1. The van der Waals surface area contributed by atoms with Gasteiger partial charge in [0.1, 0.15) is 5.82 Å². The van der Waals surface area contributed by atoms with Gasteiger partial charge in [0.25, 0.3) is 0 Å². The molecule has 0 amide bonds. The smallest absolute Gasteiger partial charge is 0.154 e. The molecule has 1 aromatic heterocycles. The highest BCUT2D eigenvalue weighted by atomic mass is 35.5. The SMILES string of the molecule is CC(C)c1cccc(-c2ccc(C=Cc3nc(NCC4CCCC(CN)C4)c4ccc(Cl)cc4n3)cc2)c1. The first-order chi connectivity index (χ1) is 18.5. The van der Waals surface area contributed by atoms with Crippen LogP contribution in [-0.4, -0.2) is 23.1 Å². The lowest BCUT2D eigenvalue weighted by molar-refractivity contribution is 0.281. The van der Waals surface area contributed by atoms with E-state index < -0.39 is 0 Å². The van der Waals surface area contributed by atoms with Crippen molar-refractivity contribution in [2.45, 2.75) is 45.4 Å². The van der Waals surface area contributed by atoms with Crippen molar-refractivity contribution in [3.63, 3.8) is 0 Å². The van der Waals surface area contributed by atoms with E-state index in [-0.39, 0.29) is 0 Å². The van der Waals surface area contributed by atoms with Gasteiger partial charge in [-0.3, -0.25) is 0 Å². The molecule has 2 atom stereocenters. The maximum atomic E-state index is 6.31. The highest BCUT2D eigenvalue weighted by Crippen LogP contribution is 2.30. The Morgan fingerprint density at radius 1 is 0.947 bits per heavy atom. The number of hydrogen-bond acceptors (Lipinski definition) is 4. The number of aromatic nitrogens is 2. The van der Waals surface area contributed by atoms with Gasteiger partial charge in [-0.25, -0.2) is 9.97 Å². The Morgan fingerprint density at radius 2 is 1.76 bits per heavy atom. The molecule has 4 aromatic rings. The molecule has 2 unspecified atom stereocenters. The zero-order chi connectivity index (χ0) is 26.5. The summed E-state index contributed by atoms with van der Waals surface area (Å²) in [5.74, 6) is 3.30. The highest BCUT2D eigenvalue weighted by molar-refractivity contribution is 6.31. The summed E-state index contributed by atoms with van der Waals surface area (Å²) in [5.41, 5.74) is 11.7. The van der Waals surface area contributed by atoms with E-state index in [1.54, 1.807) is 0 Å². The molecule has 1 aliphatic carbocycles. The van der Waals surface area contributed by atoms with Crippen molar-refractivity contribution in [1.82, 2.24) is 9.97 Å². The van der Waals surface area contributed by atoms with Crippen LogP contribution < -0.4 is 11.1 Å². The van der Waals surface area contributed by atoms with Crippen LogP contribution >= 0.6 is 11.6 Å². The molecule has 3 N–H and O–H groups in total. The van der Waals surface area contributed by atoms with Crippen LogP contribution in [0.5, 0.6) is 0 Å². The van der Waals surface area contributed by atoms with E-state index in [0.717, 1.165) is 35.4 Å². The number of halogens is 1. The molecule has 4 nitrogen and oxygen atoms in total. The number of rotatable bonds is 8. The van der Waals surface area contributed by atoms with Gasteiger partial charge in [-0.15, -0.1) is 0 Å². The first kappa shape index (κ1) is 26.4. The lowest BCUT2D eigenvalue weighted by Gasteiger charge is -2.28. The van der Waals surface area contributed by atoms with Gasteiger partial charge in [-0.2, -0.15) is 0 Å². The number of anilines is 1. The molecular formula is C33H37ClN4. The second-order valence-corrected chi connectivity index (χ2v) is 11.3. The predicted octanol–water partition coefficient (Wildman–Crippen LogP) is 8.42. The van der Waals surface area contributed by atoms with Gasteiger partial charge in [0, 0.05) is 17.0 Å². The molecule has 0 spiro atoms. The Hall–Kier alpha value is -3.21. The molecule has 38 heavy (non-hydrogen) atoms. The maximum Gasteiger partial charge on any atom is 0.154 e. The van der Waals surface area contributed by atoms with E-state index in [2.05, 4.69) is 73.8 Å². The van der Waals surface area contributed by atoms with Crippen LogP contribution in [0.15, 0.2) is 66.7 Å². The molecule has 3 aromatic carbocycles. The first-order valence-corrected chi connectivity index (χ1v) is 14.2. The van der Waals surface area contributed by atoms with Gasteiger partial charge in [-0.1, -0.05) is 86.5 Å². The third-order valence-electron chi connectivity index (χ3n) is 7.68. The van der Waals surface area contributed by atoms with Crippen molar-refractivity contribution >= 4 is 40.5 Å². The Kier molecular flexibility index (Phi) is 8.41. The van der Waals surface area contributed by atoms with Gasteiger partial charge in [0.05, 0.1) is 5.52 Å². The number of hydrogen-bond donors (Lipinski definition) is 2. The molecule has 196 valence electrons. The Morgan fingerprint density at radius 3 is 2.55 bits per heavy atom. The fraction of sp³-hybridized carbons (Fsp3) is 0.333. The standard InChI is InChI=1S/C33H37ClN4/c1-22(2)27-7-4-8-28(18-27)26-12-9-23(10-13-26)11-16-32-37-31-19-29(34)14-15-30(31)33(38-32)36-21-25-6-3-5-24(17-25)20-35/h4,7-16,18-19,22,24-25H,3,5-6,17,20-21,35H2,1-2H3,(H,36,37,38). The van der Waals surface area contributed by atoms with Gasteiger partial charge in [0.2, 0.25) is 0 Å². The van der Waals surface area contributed by atoms with Gasteiger partial charge >= 0.3 is 0 Å². The molecule has 1 fully saturated rings. The number of nitrogens with two attached hydrogens (primary N) is 1. The summed E-state index contributed by atoms with van der Waals surface area (Å²) < 4.78 is 0. The Bertz CT molecular complexity index is 1410. The van der Waals surface area contributed by atoms with Crippen molar-refractivity contribution in [2.24, 2.45) is 17.6 Å². The van der Waals surface area contributed by atoms with Crippen LogP contribution in [0.4, 0.5) is 5.82 Å². The summed E-state index contributed by atoms with van der Waals surface area (Å²) in [4.78, 5) is 9.67. The van der Waals surface area contributed by atoms with Gasteiger partial charge in [0.15, 0.2) is 5.82 Å². The van der Waals surface area contributed by atoms with E-state index in [9.17, 15) is 0 Å². The first-order valence-electron chi connectivity index (χ1n) is 13.8. The fourth-order valence-electron chi connectivity index (χ4n) is 5.41. The quantitative estimate of drug-likeness (QED) is 0.243. The molecule has 0 saturated heterocycles. The molecule has 0 aliphatic heterocycles. The molecular weight excluding hydrogens is 488 g/mol. The highest BCUT2D eigenvalue weighted by Gasteiger charge is 2.21. The minimum absolute atomic E-state index is 0.513. The third kappa shape index (κ3) is 6.43. The van der Waals surface area contributed by atoms with Crippen LogP contribution in [0.1, 0.15) is 62.4 Å². The van der Waals surface area contributed by atoms with Crippen LogP contribution in [0.3, 0.4) is 0 Å². The molecule has 1 saturated carbocycles. The van der Waals surface area contributed by atoms with Crippen molar-refractivity contribution in [1.29, 1.82) is 0 Å². The summed E-state index contributed by atoms with van der Waals surface area (Å²) in [7, 11) is 0. The van der Waals surface area contributed by atoms with E-state index in [1.165, 1.54) is 42.4 Å². The molecule has 5 heteroatoms. The van der Waals surface area contributed by atoms with E-state index >= 15 is 0 Å².